The van der Waals surface area contributed by atoms with E-state index in [-0.39, 0.29) is 5.02 Å². The average Bonchev–Trinajstić information content (AvgIpc) is 2.36. The second-order valence-corrected chi connectivity index (χ2v) is 6.71. The zero-order valence-corrected chi connectivity index (χ0v) is 14.5. The van der Waals surface area contributed by atoms with Crippen molar-refractivity contribution in [1.29, 1.82) is 0 Å². The van der Waals surface area contributed by atoms with Crippen molar-refractivity contribution < 1.29 is 4.39 Å². The molecule has 5 heteroatoms. The summed E-state index contributed by atoms with van der Waals surface area (Å²) in [7, 11) is 0. The Labute approximate surface area is 138 Å². The van der Waals surface area contributed by atoms with E-state index in [1.54, 1.807) is 6.07 Å². The summed E-state index contributed by atoms with van der Waals surface area (Å²) in [6, 6.07) is 8.51. The van der Waals surface area contributed by atoms with Crippen molar-refractivity contribution in [3.63, 3.8) is 0 Å². The lowest BCUT2D eigenvalue weighted by molar-refractivity contribution is 0.626. The second-order valence-electron chi connectivity index (χ2n) is 4.16. The summed E-state index contributed by atoms with van der Waals surface area (Å²) in [6.45, 7) is 1.99. The van der Waals surface area contributed by atoms with Crippen molar-refractivity contribution in [2.45, 2.75) is 12.3 Å². The van der Waals surface area contributed by atoms with Crippen LogP contribution >= 0.6 is 55.1 Å². The molecule has 1 unspecified atom stereocenters. The largest absolute Gasteiger partial charge is 0.205 e. The zero-order valence-electron chi connectivity index (χ0n) is 9.85. The summed E-state index contributed by atoms with van der Waals surface area (Å²) in [4.78, 5) is 0. The van der Waals surface area contributed by atoms with Crippen molar-refractivity contribution in [2.24, 2.45) is 0 Å². The molecular weight excluding hydrogens is 418 g/mol. The Morgan fingerprint density at radius 2 is 1.79 bits per heavy atom. The van der Waals surface area contributed by atoms with E-state index >= 15 is 0 Å². The average molecular weight is 427 g/mol. The van der Waals surface area contributed by atoms with E-state index in [9.17, 15) is 4.39 Å². The van der Waals surface area contributed by atoms with Crippen LogP contribution in [-0.2, 0) is 0 Å². The van der Waals surface area contributed by atoms with Crippen LogP contribution in [0.3, 0.4) is 0 Å². The fourth-order valence-electron chi connectivity index (χ4n) is 1.71. The maximum atomic E-state index is 13.5. The second kappa shape index (κ2) is 6.13. The lowest BCUT2D eigenvalue weighted by Gasteiger charge is -2.14. The quantitative estimate of drug-likeness (QED) is 0.472. The van der Waals surface area contributed by atoms with Crippen LogP contribution in [-0.4, -0.2) is 0 Å². The molecule has 0 aliphatic heterocycles. The molecule has 0 fully saturated rings. The van der Waals surface area contributed by atoms with Gasteiger partial charge < -0.3 is 0 Å². The minimum atomic E-state index is -0.466. The van der Waals surface area contributed by atoms with Crippen LogP contribution in [0.2, 0.25) is 5.02 Å². The summed E-state index contributed by atoms with van der Waals surface area (Å²) in [5, 5.41) is -0.352. The van der Waals surface area contributed by atoms with Crippen LogP contribution in [0.15, 0.2) is 39.3 Å². The number of halogens is 5. The van der Waals surface area contributed by atoms with Gasteiger partial charge in [0.25, 0.3) is 0 Å². The summed E-state index contributed by atoms with van der Waals surface area (Å²) in [5.74, 6) is -0.466. The minimum absolute atomic E-state index is 0.0942. The molecule has 100 valence electrons. The smallest absolute Gasteiger partial charge is 0.142 e. The Kier molecular flexibility index (Phi) is 4.93. The number of benzene rings is 2. The third kappa shape index (κ3) is 3.33. The highest BCUT2D eigenvalue weighted by molar-refractivity contribution is 9.11. The van der Waals surface area contributed by atoms with Gasteiger partial charge in [-0.3, -0.25) is 0 Å². The zero-order chi connectivity index (χ0) is 14.2. The molecule has 0 aliphatic rings. The number of aryl methyl sites for hydroxylation is 1. The number of rotatable bonds is 2. The standard InChI is InChI=1S/C14H9Br2Cl2F/c1-7-4-11(16)9(6-10(7)15)14(18)8-2-3-12(17)13(19)5-8/h2-6,14H,1H3. The van der Waals surface area contributed by atoms with Gasteiger partial charge in [0, 0.05) is 8.95 Å². The Bertz CT molecular complexity index is 629. The van der Waals surface area contributed by atoms with E-state index in [1.807, 2.05) is 19.1 Å². The van der Waals surface area contributed by atoms with E-state index in [4.69, 9.17) is 23.2 Å². The van der Waals surface area contributed by atoms with Crippen LogP contribution in [0.5, 0.6) is 0 Å². The molecule has 2 aromatic rings. The SMILES string of the molecule is Cc1cc(Br)c(C(Cl)c2ccc(Cl)c(F)c2)cc1Br. The van der Waals surface area contributed by atoms with E-state index in [0.29, 0.717) is 5.56 Å². The molecule has 0 spiro atoms. The van der Waals surface area contributed by atoms with Gasteiger partial charge in [-0.2, -0.15) is 0 Å². The van der Waals surface area contributed by atoms with Gasteiger partial charge in [-0.25, -0.2) is 4.39 Å². The highest BCUT2D eigenvalue weighted by atomic mass is 79.9. The van der Waals surface area contributed by atoms with Crippen LogP contribution in [0, 0.1) is 12.7 Å². The van der Waals surface area contributed by atoms with Crippen LogP contribution < -0.4 is 0 Å². The van der Waals surface area contributed by atoms with Gasteiger partial charge >= 0.3 is 0 Å². The predicted molar refractivity (Wildman–Crippen MR) is 85.7 cm³/mol. The molecule has 0 radical (unpaired) electrons. The summed E-state index contributed by atoms with van der Waals surface area (Å²) >= 11 is 19.1. The van der Waals surface area contributed by atoms with Crippen molar-refractivity contribution in [2.75, 3.05) is 0 Å². The third-order valence-corrected chi connectivity index (χ3v) is 5.12. The molecule has 0 aliphatic carbocycles. The number of hydrogen-bond acceptors (Lipinski definition) is 0. The van der Waals surface area contributed by atoms with Gasteiger partial charge in [0.2, 0.25) is 0 Å². The fourth-order valence-corrected chi connectivity index (χ4v) is 3.32. The van der Waals surface area contributed by atoms with Crippen LogP contribution in [0.4, 0.5) is 4.39 Å². The lowest BCUT2D eigenvalue weighted by atomic mass is 10.0. The molecule has 0 saturated heterocycles. The van der Waals surface area contributed by atoms with Gasteiger partial charge in [0.15, 0.2) is 0 Å². The Hall–Kier alpha value is -0.0900. The van der Waals surface area contributed by atoms with Crippen molar-refractivity contribution >= 4 is 55.1 Å². The van der Waals surface area contributed by atoms with Gasteiger partial charge in [-0.05, 0) is 47.9 Å². The molecule has 0 bridgehead atoms. The fraction of sp³-hybridized carbons (Fsp3) is 0.143. The Morgan fingerprint density at radius 3 is 2.42 bits per heavy atom. The molecule has 2 rings (SSSR count). The summed E-state index contributed by atoms with van der Waals surface area (Å²) in [5.41, 5.74) is 2.64. The summed E-state index contributed by atoms with van der Waals surface area (Å²) < 4.78 is 15.3. The van der Waals surface area contributed by atoms with Crippen LogP contribution in [0.1, 0.15) is 22.1 Å². The molecule has 2 aromatic carbocycles. The monoisotopic (exact) mass is 424 g/mol. The molecule has 0 aromatic heterocycles. The lowest BCUT2D eigenvalue weighted by Crippen LogP contribution is -1.97. The van der Waals surface area contributed by atoms with Crippen molar-refractivity contribution in [3.8, 4) is 0 Å². The Balaban J connectivity index is 2.46. The topological polar surface area (TPSA) is 0 Å². The highest BCUT2D eigenvalue weighted by Crippen LogP contribution is 2.37. The molecule has 0 nitrogen and oxygen atoms in total. The molecule has 0 N–H and O–H groups in total. The van der Waals surface area contributed by atoms with Gasteiger partial charge in [0.1, 0.15) is 5.82 Å². The van der Waals surface area contributed by atoms with E-state index in [0.717, 1.165) is 20.1 Å². The van der Waals surface area contributed by atoms with E-state index in [1.165, 1.54) is 12.1 Å². The molecule has 19 heavy (non-hydrogen) atoms. The first-order valence-corrected chi connectivity index (χ1v) is 7.84. The molecule has 0 amide bonds. The normalized spacial score (nSPS) is 12.5. The molecular formula is C14H9Br2Cl2F. The Morgan fingerprint density at radius 1 is 1.11 bits per heavy atom. The predicted octanol–water partition coefficient (Wildman–Crippen LogP) is 6.64. The number of hydrogen-bond donors (Lipinski definition) is 0. The van der Waals surface area contributed by atoms with Crippen molar-refractivity contribution in [3.05, 3.63) is 66.8 Å². The maximum absolute atomic E-state index is 13.5. The molecule has 1 atom stereocenters. The number of alkyl halides is 1. The third-order valence-electron chi connectivity index (χ3n) is 2.79. The summed E-state index contributed by atoms with van der Waals surface area (Å²) in [6.07, 6.45) is 0. The van der Waals surface area contributed by atoms with Gasteiger partial charge in [0.05, 0.1) is 10.4 Å². The van der Waals surface area contributed by atoms with E-state index < -0.39 is 11.2 Å². The first kappa shape index (κ1) is 15.3. The van der Waals surface area contributed by atoms with Gasteiger partial charge in [-0.15, -0.1) is 11.6 Å². The molecule has 0 heterocycles. The first-order chi connectivity index (χ1) is 8.90. The van der Waals surface area contributed by atoms with E-state index in [2.05, 4.69) is 31.9 Å². The molecule has 0 saturated carbocycles. The first-order valence-electron chi connectivity index (χ1n) is 5.44. The van der Waals surface area contributed by atoms with Crippen LogP contribution in [0.25, 0.3) is 0 Å². The van der Waals surface area contributed by atoms with Gasteiger partial charge in [-0.1, -0.05) is 49.5 Å². The highest BCUT2D eigenvalue weighted by Gasteiger charge is 2.16. The van der Waals surface area contributed by atoms with Crippen molar-refractivity contribution in [1.82, 2.24) is 0 Å². The maximum Gasteiger partial charge on any atom is 0.142 e. The minimum Gasteiger partial charge on any atom is -0.205 e.